The standard InChI is InChI=1S/C17H14NO.BrH/c19-17(15-8-2-1-3-9-15)13-18-12-6-10-14-7-4-5-11-16(14)18;/h1-12H,13H2;1H/q+1;. The molecular weight excluding hydrogens is 314 g/mol. The molecule has 3 rings (SSSR count). The summed E-state index contributed by atoms with van der Waals surface area (Å²) in [6.45, 7) is 0.366. The average molecular weight is 329 g/mol. The summed E-state index contributed by atoms with van der Waals surface area (Å²) in [5.41, 5.74) is 1.83. The van der Waals surface area contributed by atoms with E-state index < -0.39 is 0 Å². The zero-order valence-corrected chi connectivity index (χ0v) is 12.6. The molecule has 3 heteroatoms. The van der Waals surface area contributed by atoms with Gasteiger partial charge in [0.25, 0.3) is 0 Å². The molecule has 1 heterocycles. The van der Waals surface area contributed by atoms with Gasteiger partial charge in [0.1, 0.15) is 0 Å². The van der Waals surface area contributed by atoms with Gasteiger partial charge in [-0.05, 0) is 12.1 Å². The van der Waals surface area contributed by atoms with Crippen LogP contribution in [0.3, 0.4) is 0 Å². The van der Waals surface area contributed by atoms with Gasteiger partial charge in [-0.25, -0.2) is 0 Å². The van der Waals surface area contributed by atoms with Crippen LogP contribution in [0.25, 0.3) is 10.9 Å². The van der Waals surface area contributed by atoms with Crippen LogP contribution in [-0.4, -0.2) is 5.78 Å². The Morgan fingerprint density at radius 1 is 0.850 bits per heavy atom. The summed E-state index contributed by atoms with van der Waals surface area (Å²) in [4.78, 5) is 12.2. The number of ketones is 1. The zero-order valence-electron chi connectivity index (χ0n) is 10.9. The Bertz CT molecular complexity index is 720. The first kappa shape index (κ1) is 14.4. The molecule has 20 heavy (non-hydrogen) atoms. The summed E-state index contributed by atoms with van der Waals surface area (Å²) >= 11 is 0. The number of Topliss-reactive ketones (excluding diaryl/α,β-unsaturated/α-hetero) is 1. The third-order valence-electron chi connectivity index (χ3n) is 3.20. The van der Waals surface area contributed by atoms with Gasteiger partial charge in [0.15, 0.2) is 6.20 Å². The number of pyridine rings is 1. The van der Waals surface area contributed by atoms with Gasteiger partial charge in [0, 0.05) is 23.1 Å². The smallest absolute Gasteiger partial charge is 0.227 e. The first-order valence-corrected chi connectivity index (χ1v) is 6.30. The molecule has 0 fully saturated rings. The number of rotatable bonds is 3. The lowest BCUT2D eigenvalue weighted by Crippen LogP contribution is -2.38. The lowest BCUT2D eigenvalue weighted by molar-refractivity contribution is -0.657. The number of para-hydroxylation sites is 1. The molecule has 3 aromatic rings. The predicted molar refractivity (Wildman–Crippen MR) is 85.2 cm³/mol. The normalized spacial score (nSPS) is 10.0. The molecule has 100 valence electrons. The number of aromatic nitrogens is 1. The van der Waals surface area contributed by atoms with Gasteiger partial charge in [-0.3, -0.25) is 4.79 Å². The molecule has 0 amide bonds. The van der Waals surface area contributed by atoms with Crippen LogP contribution in [0.5, 0.6) is 0 Å². The Balaban J connectivity index is 0.00000147. The summed E-state index contributed by atoms with van der Waals surface area (Å²) in [5, 5.41) is 1.14. The van der Waals surface area contributed by atoms with E-state index in [1.54, 1.807) is 0 Å². The second-order valence-corrected chi connectivity index (χ2v) is 4.48. The summed E-state index contributed by atoms with van der Waals surface area (Å²) in [6, 6.07) is 21.5. The van der Waals surface area contributed by atoms with Gasteiger partial charge in [0.2, 0.25) is 17.8 Å². The fraction of sp³-hybridized carbons (Fsp3) is 0.0588. The molecule has 0 saturated heterocycles. The number of hydrogen-bond donors (Lipinski definition) is 0. The van der Waals surface area contributed by atoms with Crippen LogP contribution in [0.1, 0.15) is 10.4 Å². The molecule has 2 nitrogen and oxygen atoms in total. The second kappa shape index (κ2) is 6.44. The van der Waals surface area contributed by atoms with E-state index in [4.69, 9.17) is 0 Å². The van der Waals surface area contributed by atoms with Crippen LogP contribution in [-0.2, 0) is 6.54 Å². The molecule has 0 unspecified atom stereocenters. The number of fused-ring (bicyclic) bond motifs is 1. The Morgan fingerprint density at radius 3 is 2.30 bits per heavy atom. The quantitative estimate of drug-likeness (QED) is 0.531. The number of halogens is 1. The topological polar surface area (TPSA) is 20.9 Å². The summed E-state index contributed by atoms with van der Waals surface area (Å²) in [7, 11) is 0. The highest BCUT2D eigenvalue weighted by atomic mass is 79.9. The molecule has 1 aromatic heterocycles. The third kappa shape index (κ3) is 2.94. The van der Waals surface area contributed by atoms with E-state index in [2.05, 4.69) is 12.1 Å². The number of hydrogen-bond acceptors (Lipinski definition) is 1. The maximum absolute atomic E-state index is 12.2. The fourth-order valence-corrected chi connectivity index (χ4v) is 2.23. The lowest BCUT2D eigenvalue weighted by atomic mass is 10.1. The molecule has 0 atom stereocenters. The van der Waals surface area contributed by atoms with Crippen molar-refractivity contribution in [1.29, 1.82) is 0 Å². The largest absolute Gasteiger partial charge is 0.287 e. The minimum atomic E-state index is 0. The van der Waals surface area contributed by atoms with E-state index in [1.165, 1.54) is 0 Å². The van der Waals surface area contributed by atoms with Crippen molar-refractivity contribution < 1.29 is 9.36 Å². The molecule has 2 aromatic carbocycles. The van der Waals surface area contributed by atoms with E-state index in [-0.39, 0.29) is 22.8 Å². The van der Waals surface area contributed by atoms with Crippen LogP contribution in [0.2, 0.25) is 0 Å². The van der Waals surface area contributed by atoms with Crippen molar-refractivity contribution in [2.24, 2.45) is 0 Å². The van der Waals surface area contributed by atoms with Crippen molar-refractivity contribution >= 4 is 33.7 Å². The van der Waals surface area contributed by atoms with Crippen molar-refractivity contribution in [3.05, 3.63) is 78.5 Å². The van der Waals surface area contributed by atoms with Crippen molar-refractivity contribution in [2.75, 3.05) is 0 Å². The maximum atomic E-state index is 12.2. The van der Waals surface area contributed by atoms with E-state index in [1.807, 2.05) is 65.4 Å². The van der Waals surface area contributed by atoms with Crippen molar-refractivity contribution in [3.63, 3.8) is 0 Å². The molecule has 0 saturated carbocycles. The van der Waals surface area contributed by atoms with E-state index in [0.717, 1.165) is 16.5 Å². The Hall–Kier alpha value is -2.00. The summed E-state index contributed by atoms with van der Waals surface area (Å²) in [6.07, 6.45) is 1.95. The number of carbonyl (C=O) groups is 1. The SMILES string of the molecule is Br.O=C(C[n+]1cccc2ccccc21)c1ccccc1. The van der Waals surface area contributed by atoms with Crippen molar-refractivity contribution in [2.45, 2.75) is 6.54 Å². The van der Waals surface area contributed by atoms with Crippen molar-refractivity contribution in [3.8, 4) is 0 Å². The number of carbonyl (C=O) groups excluding carboxylic acids is 1. The molecule has 0 aliphatic heterocycles. The molecule has 0 N–H and O–H groups in total. The number of nitrogens with zero attached hydrogens (tertiary/aromatic N) is 1. The van der Waals surface area contributed by atoms with Gasteiger partial charge in [0.05, 0.1) is 0 Å². The van der Waals surface area contributed by atoms with Gasteiger partial charge in [-0.2, -0.15) is 4.57 Å². The monoisotopic (exact) mass is 328 g/mol. The van der Waals surface area contributed by atoms with Crippen LogP contribution in [0.15, 0.2) is 72.9 Å². The van der Waals surface area contributed by atoms with Crippen LogP contribution in [0, 0.1) is 0 Å². The predicted octanol–water partition coefficient (Wildman–Crippen LogP) is 3.59. The molecule has 0 aliphatic carbocycles. The summed E-state index contributed by atoms with van der Waals surface area (Å²) < 4.78 is 1.99. The lowest BCUT2D eigenvalue weighted by Gasteiger charge is -2.01. The molecule has 0 spiro atoms. The minimum Gasteiger partial charge on any atom is -0.287 e. The number of benzene rings is 2. The Kier molecular flexibility index (Phi) is 4.64. The minimum absolute atomic E-state index is 0. The summed E-state index contributed by atoms with van der Waals surface area (Å²) in [5.74, 6) is 0.127. The van der Waals surface area contributed by atoms with Gasteiger partial charge in [-0.1, -0.05) is 42.5 Å². The zero-order chi connectivity index (χ0) is 13.1. The highest BCUT2D eigenvalue weighted by molar-refractivity contribution is 8.93. The van der Waals surface area contributed by atoms with E-state index in [9.17, 15) is 4.79 Å². The third-order valence-corrected chi connectivity index (χ3v) is 3.20. The second-order valence-electron chi connectivity index (χ2n) is 4.48. The fourth-order valence-electron chi connectivity index (χ4n) is 2.23. The van der Waals surface area contributed by atoms with E-state index >= 15 is 0 Å². The van der Waals surface area contributed by atoms with Crippen molar-refractivity contribution in [1.82, 2.24) is 0 Å². The van der Waals surface area contributed by atoms with E-state index in [0.29, 0.717) is 6.54 Å². The molecule has 0 bridgehead atoms. The maximum Gasteiger partial charge on any atom is 0.227 e. The Morgan fingerprint density at radius 2 is 1.50 bits per heavy atom. The molecule has 0 aliphatic rings. The van der Waals surface area contributed by atoms with Gasteiger partial charge < -0.3 is 0 Å². The highest BCUT2D eigenvalue weighted by Gasteiger charge is 2.14. The van der Waals surface area contributed by atoms with Gasteiger partial charge >= 0.3 is 0 Å². The van der Waals surface area contributed by atoms with Crippen LogP contribution in [0.4, 0.5) is 0 Å². The average Bonchev–Trinajstić information content (AvgIpc) is 2.48. The first-order valence-electron chi connectivity index (χ1n) is 6.30. The highest BCUT2D eigenvalue weighted by Crippen LogP contribution is 2.08. The molecule has 0 radical (unpaired) electrons. The van der Waals surface area contributed by atoms with Gasteiger partial charge in [-0.15, -0.1) is 17.0 Å². The van der Waals surface area contributed by atoms with Crippen LogP contribution >= 0.6 is 17.0 Å². The first-order chi connectivity index (χ1) is 9.34. The molecular formula is C17H15BrNO+. The van der Waals surface area contributed by atoms with Crippen LogP contribution < -0.4 is 4.57 Å². The Labute approximate surface area is 128 Å².